The van der Waals surface area contributed by atoms with Crippen LogP contribution in [0.4, 0.5) is 0 Å². The monoisotopic (exact) mass is 334 g/mol. The molecule has 2 heterocycles. The van der Waals surface area contributed by atoms with Crippen molar-refractivity contribution < 1.29 is 14.7 Å². The Labute approximate surface area is 143 Å². The van der Waals surface area contributed by atoms with Gasteiger partial charge in [-0.2, -0.15) is 5.26 Å². The maximum absolute atomic E-state index is 12.3. The second-order valence-electron chi connectivity index (χ2n) is 5.37. The van der Waals surface area contributed by atoms with Crippen LogP contribution in [0.15, 0.2) is 48.8 Å². The number of nitrogens with one attached hydrogen (secondary N) is 1. The van der Waals surface area contributed by atoms with E-state index in [-0.39, 0.29) is 18.9 Å². The van der Waals surface area contributed by atoms with Crippen LogP contribution in [0.5, 0.6) is 0 Å². The molecule has 1 aromatic carbocycles. The second kappa shape index (κ2) is 6.84. The third kappa shape index (κ3) is 3.48. The van der Waals surface area contributed by atoms with Gasteiger partial charge in [0.2, 0.25) is 0 Å². The summed E-state index contributed by atoms with van der Waals surface area (Å²) in [4.78, 5) is 27.3. The van der Waals surface area contributed by atoms with Crippen LogP contribution in [0.3, 0.4) is 0 Å². The van der Waals surface area contributed by atoms with Gasteiger partial charge in [-0.05, 0) is 24.3 Å². The van der Waals surface area contributed by atoms with Crippen molar-refractivity contribution in [2.75, 3.05) is 6.54 Å². The normalized spacial score (nSPS) is 10.4. The van der Waals surface area contributed by atoms with Crippen molar-refractivity contribution in [1.82, 2.24) is 14.7 Å². The number of benzene rings is 1. The van der Waals surface area contributed by atoms with Gasteiger partial charge in [0, 0.05) is 24.5 Å². The van der Waals surface area contributed by atoms with Gasteiger partial charge in [0.1, 0.15) is 5.65 Å². The topological polar surface area (TPSA) is 107 Å². The van der Waals surface area contributed by atoms with Gasteiger partial charge in [-0.25, -0.2) is 4.98 Å². The summed E-state index contributed by atoms with van der Waals surface area (Å²) in [6, 6.07) is 12.4. The predicted molar refractivity (Wildman–Crippen MR) is 89.9 cm³/mol. The zero-order valence-electron chi connectivity index (χ0n) is 13.1. The van der Waals surface area contributed by atoms with Crippen LogP contribution in [0.2, 0.25) is 0 Å². The predicted octanol–water partition coefficient (Wildman–Crippen LogP) is 2.08. The Morgan fingerprint density at radius 2 is 2.00 bits per heavy atom. The zero-order chi connectivity index (χ0) is 17.8. The van der Waals surface area contributed by atoms with Crippen LogP contribution in [0.1, 0.15) is 22.3 Å². The molecule has 0 aliphatic carbocycles. The molecule has 7 nitrogen and oxygen atoms in total. The second-order valence-corrected chi connectivity index (χ2v) is 5.37. The molecule has 0 bridgehead atoms. The number of hydrogen-bond donors (Lipinski definition) is 2. The van der Waals surface area contributed by atoms with E-state index in [9.17, 15) is 9.59 Å². The summed E-state index contributed by atoms with van der Waals surface area (Å²) in [5, 5.41) is 20.1. The number of pyridine rings is 1. The molecule has 0 aliphatic rings. The minimum absolute atomic E-state index is 0.0540. The van der Waals surface area contributed by atoms with Gasteiger partial charge in [-0.15, -0.1) is 0 Å². The van der Waals surface area contributed by atoms with Crippen molar-refractivity contribution in [3.63, 3.8) is 0 Å². The van der Waals surface area contributed by atoms with Crippen molar-refractivity contribution in [3.8, 4) is 17.3 Å². The third-order valence-corrected chi connectivity index (χ3v) is 3.66. The largest absolute Gasteiger partial charge is 0.481 e. The van der Waals surface area contributed by atoms with Crippen LogP contribution in [-0.4, -0.2) is 32.9 Å². The molecule has 0 unspecified atom stereocenters. The van der Waals surface area contributed by atoms with Crippen molar-refractivity contribution in [2.24, 2.45) is 0 Å². The summed E-state index contributed by atoms with van der Waals surface area (Å²) in [7, 11) is 0. The van der Waals surface area contributed by atoms with Gasteiger partial charge >= 0.3 is 5.97 Å². The standard InChI is InChI=1S/C18H14N4O3/c19-10-12-3-5-13(6-4-12)15-11-22-9-1-2-14(17(22)21-15)18(25)20-8-7-16(23)24/h1-6,9,11H,7-8H2,(H,20,25)(H,23,24). The number of imidazole rings is 1. The maximum atomic E-state index is 12.3. The van der Waals surface area contributed by atoms with Gasteiger partial charge in [0.05, 0.1) is 29.3 Å². The summed E-state index contributed by atoms with van der Waals surface area (Å²) in [5.41, 5.74) is 2.92. The summed E-state index contributed by atoms with van der Waals surface area (Å²) < 4.78 is 1.74. The molecule has 0 saturated heterocycles. The number of nitriles is 1. The SMILES string of the molecule is N#Cc1ccc(-c2cn3cccc(C(=O)NCCC(=O)O)c3n2)cc1. The number of aromatic nitrogens is 2. The molecular weight excluding hydrogens is 320 g/mol. The highest BCUT2D eigenvalue weighted by Crippen LogP contribution is 2.21. The highest BCUT2D eigenvalue weighted by molar-refractivity contribution is 6.00. The third-order valence-electron chi connectivity index (χ3n) is 3.66. The first kappa shape index (κ1) is 16.2. The van der Waals surface area contributed by atoms with Gasteiger partial charge in [0.25, 0.3) is 5.91 Å². The summed E-state index contributed by atoms with van der Waals surface area (Å²) in [6.45, 7) is 0.0540. The smallest absolute Gasteiger partial charge is 0.305 e. The van der Waals surface area contributed by atoms with Gasteiger partial charge in [-0.3, -0.25) is 9.59 Å². The van der Waals surface area contributed by atoms with E-state index >= 15 is 0 Å². The van der Waals surface area contributed by atoms with E-state index in [4.69, 9.17) is 10.4 Å². The molecule has 0 fully saturated rings. The molecule has 0 saturated carbocycles. The van der Waals surface area contributed by atoms with Crippen molar-refractivity contribution in [3.05, 3.63) is 59.9 Å². The number of carbonyl (C=O) groups is 2. The molecule has 1 amide bonds. The molecule has 0 radical (unpaired) electrons. The van der Waals surface area contributed by atoms with E-state index in [0.717, 1.165) is 5.56 Å². The van der Waals surface area contributed by atoms with Gasteiger partial charge in [-0.1, -0.05) is 12.1 Å². The quantitative estimate of drug-likeness (QED) is 0.743. The number of carboxylic acids is 1. The lowest BCUT2D eigenvalue weighted by Crippen LogP contribution is -2.26. The molecule has 2 N–H and O–H groups in total. The zero-order valence-corrected chi connectivity index (χ0v) is 13.1. The molecule has 0 spiro atoms. The maximum Gasteiger partial charge on any atom is 0.305 e. The molecule has 124 valence electrons. The minimum atomic E-state index is -0.970. The molecule has 0 aliphatic heterocycles. The number of aliphatic carboxylic acids is 1. The Hall–Kier alpha value is -3.66. The highest BCUT2D eigenvalue weighted by atomic mass is 16.4. The molecule has 0 atom stereocenters. The summed E-state index contributed by atoms with van der Waals surface area (Å²) >= 11 is 0. The van der Waals surface area contributed by atoms with Crippen LogP contribution in [0, 0.1) is 11.3 Å². The van der Waals surface area contributed by atoms with Crippen LogP contribution < -0.4 is 5.32 Å². The Bertz CT molecular complexity index is 984. The highest BCUT2D eigenvalue weighted by Gasteiger charge is 2.14. The molecule has 7 heteroatoms. The van der Waals surface area contributed by atoms with E-state index in [1.165, 1.54) is 0 Å². The number of carbonyl (C=O) groups excluding carboxylic acids is 1. The lowest BCUT2D eigenvalue weighted by atomic mass is 10.1. The Kier molecular flexibility index (Phi) is 4.44. The van der Waals surface area contributed by atoms with E-state index in [1.54, 1.807) is 53.2 Å². The molecular formula is C18H14N4O3. The first-order valence-corrected chi connectivity index (χ1v) is 7.57. The van der Waals surface area contributed by atoms with E-state index in [1.807, 2.05) is 0 Å². The number of amides is 1. The number of nitrogens with zero attached hydrogens (tertiary/aromatic N) is 3. The molecule has 25 heavy (non-hydrogen) atoms. The number of hydrogen-bond acceptors (Lipinski definition) is 4. The van der Waals surface area contributed by atoms with Crippen LogP contribution in [-0.2, 0) is 4.79 Å². The lowest BCUT2D eigenvalue weighted by molar-refractivity contribution is -0.136. The average molecular weight is 334 g/mol. The Morgan fingerprint density at radius 3 is 2.68 bits per heavy atom. The summed E-state index contributed by atoms with van der Waals surface area (Å²) in [6.07, 6.45) is 3.44. The fourth-order valence-corrected chi connectivity index (χ4v) is 2.42. The van der Waals surface area contributed by atoms with E-state index < -0.39 is 5.97 Å². The fraction of sp³-hybridized carbons (Fsp3) is 0.111. The van der Waals surface area contributed by atoms with Crippen LogP contribution >= 0.6 is 0 Å². The van der Waals surface area contributed by atoms with Gasteiger partial charge < -0.3 is 14.8 Å². The summed E-state index contributed by atoms with van der Waals surface area (Å²) in [5.74, 6) is -1.34. The number of rotatable bonds is 5. The first-order chi connectivity index (χ1) is 12.1. The lowest BCUT2D eigenvalue weighted by Gasteiger charge is -2.04. The Morgan fingerprint density at radius 1 is 1.24 bits per heavy atom. The molecule has 2 aromatic heterocycles. The molecule has 3 aromatic rings. The van der Waals surface area contributed by atoms with E-state index in [0.29, 0.717) is 22.5 Å². The van der Waals surface area contributed by atoms with Crippen molar-refractivity contribution in [1.29, 1.82) is 5.26 Å². The Balaban J connectivity index is 1.91. The fourth-order valence-electron chi connectivity index (χ4n) is 2.42. The first-order valence-electron chi connectivity index (χ1n) is 7.57. The van der Waals surface area contributed by atoms with Crippen LogP contribution in [0.25, 0.3) is 16.9 Å². The minimum Gasteiger partial charge on any atom is -0.481 e. The average Bonchev–Trinajstić information content (AvgIpc) is 3.05. The van der Waals surface area contributed by atoms with Crippen molar-refractivity contribution >= 4 is 17.5 Å². The van der Waals surface area contributed by atoms with Crippen molar-refractivity contribution in [2.45, 2.75) is 6.42 Å². The number of fused-ring (bicyclic) bond motifs is 1. The van der Waals surface area contributed by atoms with Gasteiger partial charge in [0.15, 0.2) is 0 Å². The molecule has 3 rings (SSSR count). The van der Waals surface area contributed by atoms with E-state index in [2.05, 4.69) is 16.4 Å². The number of carboxylic acid groups (broad SMARTS) is 1.